The van der Waals surface area contributed by atoms with E-state index in [-0.39, 0.29) is 22.4 Å². The number of hydrogen-bond acceptors (Lipinski definition) is 3. The largest absolute Gasteiger partial charge is 0.350 e. The first kappa shape index (κ1) is 18.5. The van der Waals surface area contributed by atoms with E-state index in [1.165, 1.54) is 18.2 Å². The average molecular weight is 397 g/mol. The molecule has 1 atom stereocenters. The third-order valence-corrected chi connectivity index (χ3v) is 5.13. The van der Waals surface area contributed by atoms with Crippen molar-refractivity contribution in [2.45, 2.75) is 50.5 Å². The third kappa shape index (κ3) is 5.96. The van der Waals surface area contributed by atoms with E-state index >= 15 is 0 Å². The molecule has 0 radical (unpaired) electrons. The van der Waals surface area contributed by atoms with Gasteiger partial charge in [0.2, 0.25) is 0 Å². The molecule has 0 aliphatic carbocycles. The van der Waals surface area contributed by atoms with Crippen LogP contribution in [0.25, 0.3) is 0 Å². The summed E-state index contributed by atoms with van der Waals surface area (Å²) in [6, 6.07) is 4.17. The van der Waals surface area contributed by atoms with Crippen molar-refractivity contribution in [2.24, 2.45) is 0 Å². The molecule has 1 unspecified atom stereocenters. The van der Waals surface area contributed by atoms with E-state index in [4.69, 9.17) is 10.7 Å². The smallest absolute Gasteiger partial charge is 0.261 e. The van der Waals surface area contributed by atoms with E-state index in [0.717, 1.165) is 25.7 Å². The van der Waals surface area contributed by atoms with Crippen molar-refractivity contribution in [3.05, 3.63) is 28.2 Å². The summed E-state index contributed by atoms with van der Waals surface area (Å²) in [6.45, 7) is 4.06. The highest BCUT2D eigenvalue weighted by molar-refractivity contribution is 9.10. The average Bonchev–Trinajstić information content (AvgIpc) is 2.37. The van der Waals surface area contributed by atoms with Gasteiger partial charge in [-0.25, -0.2) is 8.42 Å². The molecule has 0 aromatic heterocycles. The van der Waals surface area contributed by atoms with Crippen molar-refractivity contribution >= 4 is 41.6 Å². The molecule has 0 aliphatic rings. The van der Waals surface area contributed by atoms with Crippen LogP contribution in [0.4, 0.5) is 0 Å². The minimum atomic E-state index is -3.85. The van der Waals surface area contributed by atoms with E-state index in [9.17, 15) is 13.2 Å². The van der Waals surface area contributed by atoms with Gasteiger partial charge in [0.15, 0.2) is 0 Å². The fourth-order valence-corrected chi connectivity index (χ4v) is 3.11. The Morgan fingerprint density at radius 1 is 1.38 bits per heavy atom. The van der Waals surface area contributed by atoms with Gasteiger partial charge in [0, 0.05) is 21.2 Å². The van der Waals surface area contributed by atoms with Crippen molar-refractivity contribution in [2.75, 3.05) is 0 Å². The Morgan fingerprint density at radius 3 is 2.62 bits per heavy atom. The molecule has 7 heteroatoms. The number of benzene rings is 1. The molecule has 1 aromatic rings. The van der Waals surface area contributed by atoms with Crippen molar-refractivity contribution < 1.29 is 13.2 Å². The molecule has 0 heterocycles. The molecule has 0 spiro atoms. The monoisotopic (exact) mass is 395 g/mol. The summed E-state index contributed by atoms with van der Waals surface area (Å²) in [6.07, 6.45) is 4.20. The number of hydrogen-bond donors (Lipinski definition) is 1. The highest BCUT2D eigenvalue weighted by Gasteiger charge is 2.17. The van der Waals surface area contributed by atoms with E-state index in [2.05, 4.69) is 28.2 Å². The summed E-state index contributed by atoms with van der Waals surface area (Å²) < 4.78 is 23.2. The number of amides is 1. The number of carbonyl (C=O) groups excluding carboxylic acids is 1. The van der Waals surface area contributed by atoms with Crippen LogP contribution in [0.1, 0.15) is 49.9 Å². The summed E-state index contributed by atoms with van der Waals surface area (Å²) >= 11 is 3.25. The van der Waals surface area contributed by atoms with Gasteiger partial charge in [-0.2, -0.15) is 0 Å². The zero-order chi connectivity index (χ0) is 16.0. The predicted octanol–water partition coefficient (Wildman–Crippen LogP) is 4.08. The highest BCUT2D eigenvalue weighted by atomic mass is 79.9. The molecule has 1 N–H and O–H groups in total. The molecule has 1 amide bonds. The Morgan fingerprint density at radius 2 is 2.05 bits per heavy atom. The molecule has 1 rings (SSSR count). The SMILES string of the molecule is CCCCCC(C)NC(=O)c1cc(S(=O)(=O)Cl)ccc1Br. The van der Waals surface area contributed by atoms with Gasteiger partial charge in [-0.1, -0.05) is 26.2 Å². The lowest BCUT2D eigenvalue weighted by Crippen LogP contribution is -2.32. The fourth-order valence-electron chi connectivity index (χ4n) is 1.90. The van der Waals surface area contributed by atoms with Crippen LogP contribution in [0.2, 0.25) is 0 Å². The maximum absolute atomic E-state index is 12.2. The Kier molecular flexibility index (Phi) is 7.16. The van der Waals surface area contributed by atoms with Crippen LogP contribution >= 0.6 is 26.6 Å². The molecule has 0 fully saturated rings. The minimum absolute atomic E-state index is 0.0345. The van der Waals surface area contributed by atoms with Gasteiger partial charge in [-0.3, -0.25) is 4.79 Å². The topological polar surface area (TPSA) is 63.2 Å². The van der Waals surface area contributed by atoms with Gasteiger partial charge in [-0.05, 0) is 47.5 Å². The first-order chi connectivity index (χ1) is 9.75. The molecule has 0 saturated carbocycles. The van der Waals surface area contributed by atoms with Crippen molar-refractivity contribution in [3.8, 4) is 0 Å². The van der Waals surface area contributed by atoms with E-state index in [0.29, 0.717) is 4.47 Å². The van der Waals surface area contributed by atoms with Crippen LogP contribution in [0.3, 0.4) is 0 Å². The Bertz CT molecular complexity index is 604. The van der Waals surface area contributed by atoms with Gasteiger partial charge >= 0.3 is 0 Å². The van der Waals surface area contributed by atoms with E-state index < -0.39 is 9.05 Å². The van der Waals surface area contributed by atoms with Gasteiger partial charge in [0.05, 0.1) is 10.5 Å². The zero-order valence-electron chi connectivity index (χ0n) is 12.0. The van der Waals surface area contributed by atoms with Crippen molar-refractivity contribution in [1.82, 2.24) is 5.32 Å². The standard InChI is InChI=1S/C14H19BrClNO3S/c1-3-4-5-6-10(2)17-14(18)12-9-11(21(16,19)20)7-8-13(12)15/h7-10H,3-6H2,1-2H3,(H,17,18). The van der Waals surface area contributed by atoms with E-state index in [1.54, 1.807) is 0 Å². The molecule has 4 nitrogen and oxygen atoms in total. The van der Waals surface area contributed by atoms with Gasteiger partial charge in [0.1, 0.15) is 0 Å². The summed E-state index contributed by atoms with van der Waals surface area (Å²) in [5.41, 5.74) is 0.263. The number of unbranched alkanes of at least 4 members (excludes halogenated alkanes) is 2. The molecule has 0 bridgehead atoms. The molecule has 0 saturated heterocycles. The van der Waals surface area contributed by atoms with Crippen molar-refractivity contribution in [1.29, 1.82) is 0 Å². The van der Waals surface area contributed by atoms with Crippen LogP contribution in [0, 0.1) is 0 Å². The molecule has 118 valence electrons. The zero-order valence-corrected chi connectivity index (χ0v) is 15.2. The lowest BCUT2D eigenvalue weighted by molar-refractivity contribution is 0.0937. The predicted molar refractivity (Wildman–Crippen MR) is 88.3 cm³/mol. The van der Waals surface area contributed by atoms with Crippen LogP contribution in [-0.4, -0.2) is 20.4 Å². The highest BCUT2D eigenvalue weighted by Crippen LogP contribution is 2.23. The fraction of sp³-hybridized carbons (Fsp3) is 0.500. The number of halogens is 2. The van der Waals surface area contributed by atoms with Crippen LogP contribution in [0.15, 0.2) is 27.6 Å². The first-order valence-corrected chi connectivity index (χ1v) is 9.91. The second-order valence-electron chi connectivity index (χ2n) is 4.95. The van der Waals surface area contributed by atoms with Gasteiger partial charge < -0.3 is 5.32 Å². The Balaban J connectivity index is 2.82. The van der Waals surface area contributed by atoms with Crippen LogP contribution in [-0.2, 0) is 9.05 Å². The molecular formula is C14H19BrClNO3S. The summed E-state index contributed by atoms with van der Waals surface area (Å²) in [5.74, 6) is -0.312. The van der Waals surface area contributed by atoms with Gasteiger partial charge in [-0.15, -0.1) is 0 Å². The second kappa shape index (κ2) is 8.15. The lowest BCUT2D eigenvalue weighted by atomic mass is 10.1. The number of rotatable bonds is 7. The summed E-state index contributed by atoms with van der Waals surface area (Å²) in [5, 5.41) is 2.87. The molecular weight excluding hydrogens is 378 g/mol. The normalized spacial score (nSPS) is 13.0. The first-order valence-electron chi connectivity index (χ1n) is 6.80. The quantitative estimate of drug-likeness (QED) is 0.558. The number of nitrogens with one attached hydrogen (secondary N) is 1. The van der Waals surface area contributed by atoms with E-state index in [1.807, 2.05) is 6.92 Å². The Labute approximate surface area is 138 Å². The lowest BCUT2D eigenvalue weighted by Gasteiger charge is -2.14. The second-order valence-corrected chi connectivity index (χ2v) is 8.37. The summed E-state index contributed by atoms with van der Waals surface area (Å²) in [7, 11) is 1.45. The Hall–Kier alpha value is -0.590. The third-order valence-electron chi connectivity index (χ3n) is 3.08. The molecule has 0 aliphatic heterocycles. The summed E-state index contributed by atoms with van der Waals surface area (Å²) in [4.78, 5) is 12.1. The number of carbonyl (C=O) groups is 1. The molecule has 1 aromatic carbocycles. The maximum atomic E-state index is 12.2. The maximum Gasteiger partial charge on any atom is 0.261 e. The van der Waals surface area contributed by atoms with Crippen LogP contribution in [0.5, 0.6) is 0 Å². The van der Waals surface area contributed by atoms with Crippen molar-refractivity contribution in [3.63, 3.8) is 0 Å². The van der Waals surface area contributed by atoms with Crippen LogP contribution < -0.4 is 5.32 Å². The van der Waals surface area contributed by atoms with Gasteiger partial charge in [0.25, 0.3) is 15.0 Å². The molecule has 21 heavy (non-hydrogen) atoms. The minimum Gasteiger partial charge on any atom is -0.350 e.